The lowest BCUT2D eigenvalue weighted by Crippen LogP contribution is -2.35. The number of halogens is 4. The van der Waals surface area contributed by atoms with Crippen molar-refractivity contribution >= 4 is 40.3 Å². The van der Waals surface area contributed by atoms with Crippen molar-refractivity contribution in [2.24, 2.45) is 0 Å². The van der Waals surface area contributed by atoms with E-state index in [1.54, 1.807) is 24.4 Å². The Morgan fingerprint density at radius 2 is 1.62 bits per heavy atom. The lowest BCUT2D eigenvalue weighted by atomic mass is 10.1. The standard InChI is InChI=1S/C22H18FN5O2.C2HF3O2/c23-16-3-1-14(2-4-16)11-21(29)27-22(30)26-17-5-7-18(8-6-17)28-10-9-15-13-25-20(24)12-19(15)28;3-2(4,5)1(6)7/h1-10,12-13H,11H2,(H2,24,25)(H2,26,27,29,30);(H,6,7). The van der Waals surface area contributed by atoms with Gasteiger partial charge in [0.15, 0.2) is 0 Å². The zero-order valence-corrected chi connectivity index (χ0v) is 18.8. The fourth-order valence-electron chi connectivity index (χ4n) is 3.09. The third-order valence-electron chi connectivity index (χ3n) is 4.77. The van der Waals surface area contributed by atoms with Crippen LogP contribution in [0.2, 0.25) is 0 Å². The van der Waals surface area contributed by atoms with Gasteiger partial charge in [-0.2, -0.15) is 13.2 Å². The Balaban J connectivity index is 0.000000479. The number of fused-ring (bicyclic) bond motifs is 1. The summed E-state index contributed by atoms with van der Waals surface area (Å²) < 4.78 is 46.6. The van der Waals surface area contributed by atoms with E-state index in [4.69, 9.17) is 15.6 Å². The number of imide groups is 1. The van der Waals surface area contributed by atoms with Crippen LogP contribution >= 0.6 is 0 Å². The summed E-state index contributed by atoms with van der Waals surface area (Å²) in [6.45, 7) is 0. The summed E-state index contributed by atoms with van der Waals surface area (Å²) in [6, 6.07) is 15.8. The van der Waals surface area contributed by atoms with Crippen LogP contribution in [0.15, 0.2) is 73.1 Å². The first-order valence-electron chi connectivity index (χ1n) is 10.4. The molecule has 2 heterocycles. The molecule has 0 spiro atoms. The number of aliphatic carboxylic acids is 1. The molecule has 0 atom stereocenters. The lowest BCUT2D eigenvalue weighted by Gasteiger charge is -2.09. The molecule has 0 aliphatic rings. The number of rotatable bonds is 4. The normalized spacial score (nSPS) is 10.8. The lowest BCUT2D eigenvalue weighted by molar-refractivity contribution is -0.192. The summed E-state index contributed by atoms with van der Waals surface area (Å²) in [5.74, 6) is -3.19. The Bertz CT molecular complexity index is 1420. The predicted molar refractivity (Wildman–Crippen MR) is 126 cm³/mol. The number of nitrogens with two attached hydrogens (primary N) is 1. The van der Waals surface area contributed by atoms with Gasteiger partial charge in [-0.15, -0.1) is 0 Å². The maximum absolute atomic E-state index is 12.9. The van der Waals surface area contributed by atoms with Gasteiger partial charge in [0.2, 0.25) is 5.91 Å². The fourth-order valence-corrected chi connectivity index (χ4v) is 3.09. The first-order chi connectivity index (χ1) is 17.4. The molecule has 0 saturated carbocycles. The van der Waals surface area contributed by atoms with Crippen molar-refractivity contribution in [2.75, 3.05) is 11.1 Å². The number of nitrogens with zero attached hydrogens (tertiary/aromatic N) is 2. The average Bonchev–Trinajstić information content (AvgIpc) is 3.24. The van der Waals surface area contributed by atoms with E-state index in [0.29, 0.717) is 17.1 Å². The Morgan fingerprint density at radius 3 is 2.22 bits per heavy atom. The Labute approximate surface area is 206 Å². The third kappa shape index (κ3) is 7.52. The number of aromatic nitrogens is 2. The smallest absolute Gasteiger partial charge is 0.475 e. The molecule has 37 heavy (non-hydrogen) atoms. The van der Waals surface area contributed by atoms with Gasteiger partial charge in [-0.05, 0) is 48.0 Å². The molecule has 0 unspecified atom stereocenters. The van der Waals surface area contributed by atoms with Gasteiger partial charge in [0.25, 0.3) is 0 Å². The van der Waals surface area contributed by atoms with Crippen LogP contribution in [-0.2, 0) is 16.0 Å². The molecule has 2 aromatic carbocycles. The molecule has 9 nitrogen and oxygen atoms in total. The van der Waals surface area contributed by atoms with Crippen LogP contribution in [0.4, 0.5) is 33.9 Å². The van der Waals surface area contributed by atoms with Crippen molar-refractivity contribution in [3.05, 3.63) is 84.4 Å². The molecule has 0 saturated heterocycles. The number of hydrogen-bond donors (Lipinski definition) is 4. The van der Waals surface area contributed by atoms with Gasteiger partial charge in [0.1, 0.15) is 11.6 Å². The Morgan fingerprint density at radius 1 is 1.00 bits per heavy atom. The summed E-state index contributed by atoms with van der Waals surface area (Å²) >= 11 is 0. The molecule has 3 amide bonds. The maximum atomic E-state index is 12.9. The first kappa shape index (κ1) is 26.7. The van der Waals surface area contributed by atoms with E-state index < -0.39 is 24.1 Å². The van der Waals surface area contributed by atoms with Crippen LogP contribution in [0.3, 0.4) is 0 Å². The van der Waals surface area contributed by atoms with Crippen molar-refractivity contribution in [1.29, 1.82) is 0 Å². The van der Waals surface area contributed by atoms with Crippen LogP contribution in [0.5, 0.6) is 0 Å². The highest BCUT2D eigenvalue weighted by molar-refractivity contribution is 6.01. The topological polar surface area (TPSA) is 139 Å². The second kappa shape index (κ2) is 11.2. The number of urea groups is 1. The molecule has 4 rings (SSSR count). The van der Waals surface area contributed by atoms with Gasteiger partial charge in [0.05, 0.1) is 11.9 Å². The summed E-state index contributed by atoms with van der Waals surface area (Å²) in [5, 5.41) is 13.0. The number of pyridine rings is 1. The second-order valence-electron chi connectivity index (χ2n) is 7.51. The van der Waals surface area contributed by atoms with Gasteiger partial charge >= 0.3 is 18.2 Å². The summed E-state index contributed by atoms with van der Waals surface area (Å²) in [5.41, 5.74) is 8.73. The number of nitrogens with one attached hydrogen (secondary N) is 2. The van der Waals surface area contributed by atoms with Gasteiger partial charge in [-0.1, -0.05) is 12.1 Å². The number of alkyl halides is 3. The van der Waals surface area contributed by atoms with Crippen LogP contribution in [0.1, 0.15) is 5.56 Å². The number of nitrogen functional groups attached to an aromatic ring is 1. The van der Waals surface area contributed by atoms with Gasteiger partial charge in [-0.3, -0.25) is 10.1 Å². The minimum atomic E-state index is -5.08. The average molecular weight is 517 g/mol. The molecule has 2 aromatic heterocycles. The molecule has 0 fully saturated rings. The minimum Gasteiger partial charge on any atom is -0.475 e. The minimum absolute atomic E-state index is 0.0225. The van der Waals surface area contributed by atoms with Crippen molar-refractivity contribution in [3.63, 3.8) is 0 Å². The molecule has 0 aliphatic heterocycles. The van der Waals surface area contributed by atoms with Gasteiger partial charge in [-0.25, -0.2) is 19.0 Å². The molecule has 5 N–H and O–H groups in total. The molecule has 192 valence electrons. The molecule has 4 aromatic rings. The summed E-state index contributed by atoms with van der Waals surface area (Å²) in [6.07, 6.45) is -1.48. The predicted octanol–water partition coefficient (Wildman–Crippen LogP) is 4.27. The quantitative estimate of drug-likeness (QED) is 0.298. The molecule has 0 aliphatic carbocycles. The molecule has 0 bridgehead atoms. The Kier molecular flexibility index (Phi) is 8.07. The number of carbonyl (C=O) groups excluding carboxylic acids is 2. The SMILES string of the molecule is Nc1cc2c(ccn2-c2ccc(NC(=O)NC(=O)Cc3ccc(F)cc3)cc2)cn1.O=C(O)C(F)(F)F. The van der Waals surface area contributed by atoms with Crippen molar-refractivity contribution in [1.82, 2.24) is 14.9 Å². The Hall–Kier alpha value is -4.94. The van der Waals surface area contributed by atoms with Crippen LogP contribution in [-0.4, -0.2) is 38.7 Å². The van der Waals surface area contributed by atoms with E-state index in [9.17, 15) is 27.2 Å². The van der Waals surface area contributed by atoms with E-state index >= 15 is 0 Å². The van der Waals surface area contributed by atoms with E-state index in [1.807, 2.05) is 29.0 Å². The zero-order valence-electron chi connectivity index (χ0n) is 18.8. The van der Waals surface area contributed by atoms with E-state index in [2.05, 4.69) is 15.6 Å². The van der Waals surface area contributed by atoms with Crippen LogP contribution in [0, 0.1) is 5.82 Å². The number of carboxylic acids is 1. The third-order valence-corrected chi connectivity index (χ3v) is 4.77. The summed E-state index contributed by atoms with van der Waals surface area (Å²) in [4.78, 5) is 37.0. The van der Waals surface area contributed by atoms with Crippen molar-refractivity contribution in [2.45, 2.75) is 12.6 Å². The maximum Gasteiger partial charge on any atom is 0.490 e. The van der Waals surface area contributed by atoms with Gasteiger partial charge < -0.3 is 20.7 Å². The summed E-state index contributed by atoms with van der Waals surface area (Å²) in [7, 11) is 0. The monoisotopic (exact) mass is 517 g/mol. The highest BCUT2D eigenvalue weighted by atomic mass is 19.4. The largest absolute Gasteiger partial charge is 0.490 e. The number of carbonyl (C=O) groups is 3. The van der Waals surface area contributed by atoms with Crippen molar-refractivity contribution < 1.29 is 37.1 Å². The van der Waals surface area contributed by atoms with E-state index in [0.717, 1.165) is 16.6 Å². The number of amides is 3. The number of benzene rings is 2. The first-order valence-corrected chi connectivity index (χ1v) is 10.4. The number of anilines is 2. The van der Waals surface area contributed by atoms with Crippen LogP contribution in [0.25, 0.3) is 16.6 Å². The zero-order chi connectivity index (χ0) is 27.2. The van der Waals surface area contributed by atoms with E-state index in [-0.39, 0.29) is 12.2 Å². The van der Waals surface area contributed by atoms with Crippen molar-refractivity contribution in [3.8, 4) is 5.69 Å². The molecule has 0 radical (unpaired) electrons. The molecule has 13 heteroatoms. The highest BCUT2D eigenvalue weighted by Gasteiger charge is 2.38. The second-order valence-corrected chi connectivity index (χ2v) is 7.51. The number of carboxylic acid groups (broad SMARTS) is 1. The highest BCUT2D eigenvalue weighted by Crippen LogP contribution is 2.22. The van der Waals surface area contributed by atoms with Crippen LogP contribution < -0.4 is 16.4 Å². The number of hydrogen-bond acceptors (Lipinski definition) is 5. The molecular formula is C24H19F4N5O4. The van der Waals surface area contributed by atoms with E-state index in [1.165, 1.54) is 24.3 Å². The molecular weight excluding hydrogens is 498 g/mol. The van der Waals surface area contributed by atoms with Gasteiger partial charge in [0, 0.05) is 35.2 Å². The fraction of sp³-hybridized carbons (Fsp3) is 0.0833.